The molecule has 0 amide bonds. The summed E-state index contributed by atoms with van der Waals surface area (Å²) in [5.41, 5.74) is 0. The van der Waals surface area contributed by atoms with Gasteiger partial charge in [-0.2, -0.15) is 0 Å². The summed E-state index contributed by atoms with van der Waals surface area (Å²) in [4.78, 5) is 0. The normalized spacial score (nSPS) is 7.33. The van der Waals surface area contributed by atoms with Crippen molar-refractivity contribution in [2.75, 3.05) is 0 Å². The van der Waals surface area contributed by atoms with Gasteiger partial charge in [0.2, 0.25) is 0 Å². The van der Waals surface area contributed by atoms with Gasteiger partial charge in [0.1, 0.15) is 0 Å². The van der Waals surface area contributed by atoms with Crippen molar-refractivity contribution in [2.24, 2.45) is 0 Å². The van der Waals surface area contributed by atoms with E-state index in [1.54, 1.807) is 0 Å². The third-order valence-corrected chi connectivity index (χ3v) is 5.20. The van der Waals surface area contributed by atoms with E-state index in [-0.39, 0.29) is 14.1 Å². The Morgan fingerprint density at radius 3 is 1.22 bits per heavy atom. The van der Waals surface area contributed by atoms with Gasteiger partial charge in [0, 0.05) is 0 Å². The SMILES string of the molecule is C[CH2][Al]([CH2]C)[CH2]C.[O]=[Ti]. The van der Waals surface area contributed by atoms with Crippen molar-refractivity contribution in [2.45, 2.75) is 36.6 Å². The molecule has 0 radical (unpaired) electrons. The summed E-state index contributed by atoms with van der Waals surface area (Å²) in [6, 6.07) is 0. The molecule has 0 atom stereocenters. The topological polar surface area (TPSA) is 17.1 Å². The van der Waals surface area contributed by atoms with Crippen LogP contribution in [0.3, 0.4) is 0 Å². The molecule has 0 aliphatic heterocycles. The summed E-state index contributed by atoms with van der Waals surface area (Å²) >= 11 is 0.579. The van der Waals surface area contributed by atoms with Gasteiger partial charge in [-0.05, 0) is 0 Å². The van der Waals surface area contributed by atoms with Gasteiger partial charge < -0.3 is 0 Å². The average Bonchev–Trinajstić information content (AvgIpc) is 1.96. The molecule has 0 saturated heterocycles. The Balaban J connectivity index is 0. The molecular formula is C6H15AlOTi. The molecule has 0 rings (SSSR count). The van der Waals surface area contributed by atoms with Crippen LogP contribution in [-0.4, -0.2) is 14.1 Å². The van der Waals surface area contributed by atoms with Crippen molar-refractivity contribution in [1.82, 2.24) is 0 Å². The van der Waals surface area contributed by atoms with Crippen LogP contribution in [0.15, 0.2) is 0 Å². The van der Waals surface area contributed by atoms with E-state index >= 15 is 0 Å². The van der Waals surface area contributed by atoms with Crippen LogP contribution in [0.4, 0.5) is 0 Å². The molecule has 0 unspecified atom stereocenters. The van der Waals surface area contributed by atoms with Gasteiger partial charge >= 0.3 is 23.7 Å². The molecule has 0 bridgehead atoms. The fraction of sp³-hybridized carbons (Fsp3) is 1.00. The molecule has 0 saturated carbocycles. The third kappa shape index (κ3) is 9.05. The fourth-order valence-electron chi connectivity index (χ4n) is 0.866. The van der Waals surface area contributed by atoms with Gasteiger partial charge in [-0.15, -0.1) is 0 Å². The second-order valence-corrected chi connectivity index (χ2v) is 6.27. The maximum absolute atomic E-state index is 8.25. The first-order valence-corrected chi connectivity index (χ1v) is 6.64. The summed E-state index contributed by atoms with van der Waals surface area (Å²) < 4.78 is 8.25. The van der Waals surface area contributed by atoms with Crippen molar-refractivity contribution in [3.8, 4) is 0 Å². The Hall–Kier alpha value is 1.05. The van der Waals surface area contributed by atoms with Gasteiger partial charge in [-0.3, -0.25) is 0 Å². The van der Waals surface area contributed by atoms with E-state index in [0.717, 1.165) is 20.4 Å². The van der Waals surface area contributed by atoms with E-state index < -0.39 is 0 Å². The Morgan fingerprint density at radius 1 is 1.00 bits per heavy atom. The van der Waals surface area contributed by atoms with Crippen LogP contribution in [0.5, 0.6) is 0 Å². The first kappa shape index (κ1) is 12.7. The zero-order valence-electron chi connectivity index (χ0n) is 6.61. The van der Waals surface area contributed by atoms with Crippen molar-refractivity contribution in [1.29, 1.82) is 0 Å². The quantitative estimate of drug-likeness (QED) is 0.606. The summed E-state index contributed by atoms with van der Waals surface area (Å²) in [5, 5.41) is 4.48. The molecule has 0 heterocycles. The Bertz CT molecular complexity index is 42.8. The van der Waals surface area contributed by atoms with Crippen molar-refractivity contribution >= 4 is 14.1 Å². The van der Waals surface area contributed by atoms with E-state index in [2.05, 4.69) is 20.8 Å². The van der Waals surface area contributed by atoms with E-state index in [0.29, 0.717) is 0 Å². The van der Waals surface area contributed by atoms with Gasteiger partial charge in [0.15, 0.2) is 0 Å². The van der Waals surface area contributed by atoms with Gasteiger partial charge in [0.05, 0.1) is 0 Å². The Morgan fingerprint density at radius 2 is 1.22 bits per heavy atom. The van der Waals surface area contributed by atoms with Crippen molar-refractivity contribution < 1.29 is 23.7 Å². The standard InChI is InChI=1S/3C2H5.Al.O.Ti/c3*1-2;;;/h3*1H2,2H3;;;. The first-order chi connectivity index (χ1) is 4.35. The molecule has 0 aliphatic rings. The molecule has 0 aromatic carbocycles. The van der Waals surface area contributed by atoms with Gasteiger partial charge in [0.25, 0.3) is 14.1 Å². The first-order valence-electron chi connectivity index (χ1n) is 3.55. The minimum atomic E-state index is -0.171. The minimum absolute atomic E-state index is 0.171. The molecular weight excluding hydrogens is 163 g/mol. The molecule has 0 fully saturated rings. The summed E-state index contributed by atoms with van der Waals surface area (Å²) in [5.74, 6) is 0. The Kier molecular flexibility index (Phi) is 16.6. The van der Waals surface area contributed by atoms with Crippen molar-refractivity contribution in [3.05, 3.63) is 0 Å². The average molecular weight is 178 g/mol. The van der Waals surface area contributed by atoms with Crippen molar-refractivity contribution in [3.63, 3.8) is 0 Å². The van der Waals surface area contributed by atoms with Gasteiger partial charge in [-0.25, -0.2) is 0 Å². The van der Waals surface area contributed by atoms with Crippen LogP contribution < -0.4 is 0 Å². The predicted octanol–water partition coefficient (Wildman–Crippen LogP) is 2.42. The third-order valence-electron chi connectivity index (χ3n) is 1.73. The van der Waals surface area contributed by atoms with Crippen LogP contribution in [0.25, 0.3) is 0 Å². The number of hydrogen-bond acceptors (Lipinski definition) is 1. The zero-order chi connectivity index (χ0) is 7.70. The molecule has 3 heteroatoms. The number of rotatable bonds is 3. The molecule has 52 valence electrons. The molecule has 0 aromatic heterocycles. The molecule has 0 N–H and O–H groups in total. The van der Waals surface area contributed by atoms with Gasteiger partial charge in [-0.1, -0.05) is 36.6 Å². The fourth-order valence-corrected chi connectivity index (χ4v) is 2.60. The number of hydrogen-bond donors (Lipinski definition) is 0. The van der Waals surface area contributed by atoms with E-state index in [1.165, 1.54) is 15.8 Å². The van der Waals surface area contributed by atoms with Crippen LogP contribution in [0.1, 0.15) is 20.8 Å². The van der Waals surface area contributed by atoms with E-state index in [4.69, 9.17) is 3.32 Å². The summed E-state index contributed by atoms with van der Waals surface area (Å²) in [6.07, 6.45) is 0. The van der Waals surface area contributed by atoms with E-state index in [1.807, 2.05) is 0 Å². The summed E-state index contributed by atoms with van der Waals surface area (Å²) in [6.45, 7) is 6.97. The second-order valence-electron chi connectivity index (χ2n) is 2.09. The summed E-state index contributed by atoms with van der Waals surface area (Å²) in [7, 11) is 0. The zero-order valence-corrected chi connectivity index (χ0v) is 9.32. The van der Waals surface area contributed by atoms with Crippen LogP contribution in [-0.2, 0) is 23.7 Å². The monoisotopic (exact) mass is 178 g/mol. The van der Waals surface area contributed by atoms with E-state index in [9.17, 15) is 0 Å². The maximum atomic E-state index is 8.25. The molecule has 9 heavy (non-hydrogen) atoms. The molecule has 0 aromatic rings. The Labute approximate surface area is 74.3 Å². The molecule has 1 nitrogen and oxygen atoms in total. The van der Waals surface area contributed by atoms with Crippen LogP contribution >= 0.6 is 0 Å². The van der Waals surface area contributed by atoms with Crippen LogP contribution in [0, 0.1) is 0 Å². The van der Waals surface area contributed by atoms with Crippen LogP contribution in [0.2, 0.25) is 15.8 Å². The second kappa shape index (κ2) is 11.8. The molecule has 0 spiro atoms. The molecule has 0 aliphatic carbocycles. The predicted molar refractivity (Wildman–Crippen MR) is 37.9 cm³/mol.